The summed E-state index contributed by atoms with van der Waals surface area (Å²) in [6.07, 6.45) is 2.28. The highest BCUT2D eigenvalue weighted by Gasteiger charge is 2.21. The van der Waals surface area contributed by atoms with Crippen molar-refractivity contribution in [2.24, 2.45) is 5.73 Å². The van der Waals surface area contributed by atoms with Gasteiger partial charge in [-0.1, -0.05) is 60.2 Å². The molecule has 0 unspecified atom stereocenters. The maximum atomic E-state index is 13.1. The van der Waals surface area contributed by atoms with E-state index < -0.39 is 11.9 Å². The summed E-state index contributed by atoms with van der Waals surface area (Å²) in [5.74, 6) is -0.829. The molecule has 0 aromatic heterocycles. The van der Waals surface area contributed by atoms with Gasteiger partial charge in [0.1, 0.15) is 6.04 Å². The lowest BCUT2D eigenvalue weighted by molar-refractivity contribution is -0.119. The van der Waals surface area contributed by atoms with E-state index in [-0.39, 0.29) is 5.91 Å². The van der Waals surface area contributed by atoms with Gasteiger partial charge in [-0.2, -0.15) is 0 Å². The van der Waals surface area contributed by atoms with E-state index in [0.29, 0.717) is 12.0 Å². The van der Waals surface area contributed by atoms with Crippen molar-refractivity contribution in [1.82, 2.24) is 5.32 Å². The number of carbonyl (C=O) groups excluding carboxylic acids is 2. The molecule has 0 saturated carbocycles. The molecule has 132 valence electrons. The Morgan fingerprint density at radius 1 is 1.00 bits per heavy atom. The van der Waals surface area contributed by atoms with E-state index in [1.165, 1.54) is 0 Å². The Hall–Kier alpha value is -3.14. The molecule has 3 rings (SSSR count). The van der Waals surface area contributed by atoms with Crippen LogP contribution in [0, 0.1) is 0 Å². The van der Waals surface area contributed by atoms with Crippen LogP contribution >= 0.6 is 0 Å². The number of nitrogens with two attached hydrogens (primary N) is 1. The molecular weight excluding hydrogens is 324 g/mol. The third kappa shape index (κ3) is 3.59. The first-order valence-electron chi connectivity index (χ1n) is 8.61. The number of allylic oxidation sites excluding steroid dienone is 1. The summed E-state index contributed by atoms with van der Waals surface area (Å²) in [7, 11) is 0. The third-order valence-electron chi connectivity index (χ3n) is 4.41. The summed E-state index contributed by atoms with van der Waals surface area (Å²) >= 11 is 0. The van der Waals surface area contributed by atoms with E-state index in [2.05, 4.69) is 11.4 Å². The van der Waals surface area contributed by atoms with E-state index in [0.717, 1.165) is 27.1 Å². The highest BCUT2D eigenvalue weighted by molar-refractivity contribution is 6.18. The van der Waals surface area contributed by atoms with Crippen molar-refractivity contribution in [2.45, 2.75) is 26.3 Å². The summed E-state index contributed by atoms with van der Waals surface area (Å²) in [6, 6.07) is 16.8. The molecule has 3 aromatic carbocycles. The van der Waals surface area contributed by atoms with Gasteiger partial charge >= 0.3 is 0 Å². The lowest BCUT2D eigenvalue weighted by Crippen LogP contribution is -2.44. The number of rotatable bonds is 5. The summed E-state index contributed by atoms with van der Waals surface area (Å²) < 4.78 is 0. The van der Waals surface area contributed by atoms with Crippen molar-refractivity contribution in [1.29, 1.82) is 0 Å². The van der Waals surface area contributed by atoms with E-state index in [1.807, 2.05) is 68.5 Å². The zero-order valence-corrected chi connectivity index (χ0v) is 15.0. The van der Waals surface area contributed by atoms with Crippen LogP contribution in [-0.4, -0.2) is 17.9 Å². The summed E-state index contributed by atoms with van der Waals surface area (Å²) in [5, 5.41) is 6.49. The minimum Gasteiger partial charge on any atom is -0.368 e. The maximum absolute atomic E-state index is 13.1. The topological polar surface area (TPSA) is 72.2 Å². The average Bonchev–Trinajstić information content (AvgIpc) is 2.62. The van der Waals surface area contributed by atoms with Crippen molar-refractivity contribution in [3.63, 3.8) is 0 Å². The normalized spacial score (nSPS) is 11.9. The molecule has 0 aliphatic rings. The van der Waals surface area contributed by atoms with Gasteiger partial charge in [-0.25, -0.2) is 0 Å². The predicted octanol–water partition coefficient (Wildman–Crippen LogP) is 3.93. The number of nitrogens with one attached hydrogen (secondary N) is 1. The minimum atomic E-state index is -0.741. The van der Waals surface area contributed by atoms with Crippen LogP contribution < -0.4 is 11.1 Å². The molecule has 0 radical (unpaired) electrons. The molecule has 2 amide bonds. The largest absolute Gasteiger partial charge is 0.368 e. The first-order valence-corrected chi connectivity index (χ1v) is 8.61. The smallest absolute Gasteiger partial charge is 0.253 e. The Labute approximate surface area is 152 Å². The number of benzene rings is 3. The monoisotopic (exact) mass is 346 g/mol. The molecule has 4 heteroatoms. The van der Waals surface area contributed by atoms with Crippen molar-refractivity contribution >= 4 is 33.4 Å². The molecule has 0 aliphatic carbocycles. The molecule has 1 atom stereocenters. The molecule has 4 nitrogen and oxygen atoms in total. The second kappa shape index (κ2) is 7.40. The van der Waals surface area contributed by atoms with Gasteiger partial charge in [0.2, 0.25) is 5.91 Å². The van der Waals surface area contributed by atoms with Crippen LogP contribution in [0.25, 0.3) is 21.5 Å². The molecule has 0 aliphatic heterocycles. The van der Waals surface area contributed by atoms with Crippen LogP contribution in [0.2, 0.25) is 0 Å². The Kier molecular flexibility index (Phi) is 5.03. The van der Waals surface area contributed by atoms with Crippen molar-refractivity contribution < 1.29 is 9.59 Å². The average molecular weight is 346 g/mol. The number of hydrogen-bond donors (Lipinski definition) is 2. The van der Waals surface area contributed by atoms with Gasteiger partial charge in [0, 0.05) is 0 Å². The molecule has 0 heterocycles. The number of fused-ring (bicyclic) bond motifs is 2. The van der Waals surface area contributed by atoms with Gasteiger partial charge in [0.15, 0.2) is 0 Å². The van der Waals surface area contributed by atoms with Crippen LogP contribution in [0.15, 0.2) is 66.2 Å². The fourth-order valence-electron chi connectivity index (χ4n) is 3.09. The number of carbonyl (C=O) groups is 2. The molecule has 3 aromatic rings. The number of hydrogen-bond acceptors (Lipinski definition) is 2. The van der Waals surface area contributed by atoms with Gasteiger partial charge < -0.3 is 11.1 Å². The lowest BCUT2D eigenvalue weighted by Gasteiger charge is -2.16. The molecule has 3 N–H and O–H groups in total. The Bertz CT molecular complexity index is 963. The zero-order valence-electron chi connectivity index (χ0n) is 15.0. The fourth-order valence-corrected chi connectivity index (χ4v) is 3.09. The van der Waals surface area contributed by atoms with E-state index in [1.54, 1.807) is 0 Å². The molecule has 0 spiro atoms. The number of primary amides is 1. The van der Waals surface area contributed by atoms with E-state index in [4.69, 9.17) is 5.73 Å². The van der Waals surface area contributed by atoms with Crippen LogP contribution in [0.3, 0.4) is 0 Å². The molecule has 0 bridgehead atoms. The summed E-state index contributed by atoms with van der Waals surface area (Å²) in [4.78, 5) is 24.9. The van der Waals surface area contributed by atoms with Crippen LogP contribution in [0.1, 0.15) is 30.6 Å². The van der Waals surface area contributed by atoms with Crippen molar-refractivity contribution in [3.05, 3.63) is 71.8 Å². The maximum Gasteiger partial charge on any atom is 0.253 e. The first kappa shape index (κ1) is 17.7. The summed E-state index contributed by atoms with van der Waals surface area (Å²) in [5.41, 5.74) is 7.13. The molecule has 26 heavy (non-hydrogen) atoms. The van der Waals surface area contributed by atoms with Crippen LogP contribution in [-0.2, 0) is 4.79 Å². The Morgan fingerprint density at radius 3 is 2.04 bits per heavy atom. The Balaban J connectivity index is 2.08. The van der Waals surface area contributed by atoms with Gasteiger partial charge in [-0.3, -0.25) is 9.59 Å². The van der Waals surface area contributed by atoms with Crippen molar-refractivity contribution in [2.75, 3.05) is 0 Å². The lowest BCUT2D eigenvalue weighted by atomic mass is 9.96. The fraction of sp³-hybridized carbons (Fsp3) is 0.182. The second-order valence-electron chi connectivity index (χ2n) is 6.64. The quantitative estimate of drug-likeness (QED) is 0.543. The third-order valence-corrected chi connectivity index (χ3v) is 4.41. The van der Waals surface area contributed by atoms with Crippen LogP contribution in [0.5, 0.6) is 0 Å². The van der Waals surface area contributed by atoms with Gasteiger partial charge in [0.25, 0.3) is 5.91 Å². The highest BCUT2D eigenvalue weighted by atomic mass is 16.2. The number of amides is 2. The molecule has 0 fully saturated rings. The molecular formula is C22H22N2O2. The first-order chi connectivity index (χ1) is 12.5. The van der Waals surface area contributed by atoms with E-state index in [9.17, 15) is 9.59 Å². The zero-order chi connectivity index (χ0) is 18.7. The van der Waals surface area contributed by atoms with Gasteiger partial charge in [-0.05, 0) is 47.9 Å². The second-order valence-corrected chi connectivity index (χ2v) is 6.64. The SMILES string of the molecule is CC(C)=CC[C@H](NC(=O)c1c2ccccc2cc2ccccc12)C(N)=O. The molecule has 0 saturated heterocycles. The van der Waals surface area contributed by atoms with Crippen molar-refractivity contribution in [3.8, 4) is 0 Å². The minimum absolute atomic E-state index is 0.288. The van der Waals surface area contributed by atoms with Gasteiger partial charge in [-0.15, -0.1) is 0 Å². The van der Waals surface area contributed by atoms with E-state index >= 15 is 0 Å². The summed E-state index contributed by atoms with van der Waals surface area (Å²) in [6.45, 7) is 3.89. The highest BCUT2D eigenvalue weighted by Crippen LogP contribution is 2.28. The standard InChI is InChI=1S/C22H22N2O2/c1-14(2)11-12-19(21(23)25)24-22(26)20-17-9-5-3-7-15(17)13-16-8-4-6-10-18(16)20/h3-11,13,19H,12H2,1-2H3,(H2,23,25)(H,24,26)/t19-/m0/s1. The van der Waals surface area contributed by atoms with Gasteiger partial charge in [0.05, 0.1) is 5.56 Å². The van der Waals surface area contributed by atoms with Crippen LogP contribution in [0.4, 0.5) is 0 Å². The Morgan fingerprint density at radius 2 is 1.54 bits per heavy atom. The predicted molar refractivity (Wildman–Crippen MR) is 106 cm³/mol.